The van der Waals surface area contributed by atoms with E-state index < -0.39 is 11.8 Å². The number of carbonyl (C=O) groups excluding carboxylic acids is 1. The summed E-state index contributed by atoms with van der Waals surface area (Å²) < 4.78 is 13.4. The highest BCUT2D eigenvalue weighted by Gasteiger charge is 2.18. The SMILES string of the molecule is CCN(CC(=O)Nc1ccccc1F)C(C)CC(=O)O. The molecule has 1 aromatic carbocycles. The molecule has 1 aromatic rings. The fraction of sp³-hybridized carbons (Fsp3) is 0.429. The number of anilines is 1. The van der Waals surface area contributed by atoms with Crippen LogP contribution in [0.3, 0.4) is 0 Å². The van der Waals surface area contributed by atoms with Gasteiger partial charge in [-0.3, -0.25) is 14.5 Å². The third-order valence-electron chi connectivity index (χ3n) is 2.99. The van der Waals surface area contributed by atoms with Gasteiger partial charge < -0.3 is 10.4 Å². The molecule has 0 aromatic heterocycles. The van der Waals surface area contributed by atoms with Gasteiger partial charge in [0.05, 0.1) is 18.7 Å². The monoisotopic (exact) mass is 282 g/mol. The topological polar surface area (TPSA) is 69.6 Å². The van der Waals surface area contributed by atoms with E-state index in [0.717, 1.165) is 0 Å². The van der Waals surface area contributed by atoms with E-state index >= 15 is 0 Å². The minimum absolute atomic E-state index is 0.0271. The smallest absolute Gasteiger partial charge is 0.304 e. The van der Waals surface area contributed by atoms with E-state index in [-0.39, 0.29) is 30.6 Å². The van der Waals surface area contributed by atoms with E-state index in [1.54, 1.807) is 17.9 Å². The van der Waals surface area contributed by atoms with Gasteiger partial charge in [0.25, 0.3) is 0 Å². The molecule has 0 saturated heterocycles. The van der Waals surface area contributed by atoms with Crippen LogP contribution in [0.1, 0.15) is 20.3 Å². The first-order chi connectivity index (χ1) is 9.43. The lowest BCUT2D eigenvalue weighted by atomic mass is 10.2. The summed E-state index contributed by atoms with van der Waals surface area (Å²) in [5.41, 5.74) is 0.124. The Morgan fingerprint density at radius 2 is 2.05 bits per heavy atom. The molecular weight excluding hydrogens is 263 g/mol. The average molecular weight is 282 g/mol. The number of nitrogens with zero attached hydrogens (tertiary/aromatic N) is 1. The molecule has 0 aliphatic rings. The van der Waals surface area contributed by atoms with Crippen molar-refractivity contribution in [2.45, 2.75) is 26.3 Å². The molecule has 6 heteroatoms. The molecule has 2 N–H and O–H groups in total. The zero-order valence-corrected chi connectivity index (χ0v) is 11.6. The third kappa shape index (κ3) is 4.97. The van der Waals surface area contributed by atoms with Crippen molar-refractivity contribution in [1.29, 1.82) is 0 Å². The molecule has 0 saturated carbocycles. The Hall–Kier alpha value is -1.95. The lowest BCUT2D eigenvalue weighted by Crippen LogP contribution is -2.40. The quantitative estimate of drug-likeness (QED) is 0.802. The molecule has 5 nitrogen and oxygen atoms in total. The van der Waals surface area contributed by atoms with Gasteiger partial charge in [-0.05, 0) is 25.6 Å². The van der Waals surface area contributed by atoms with Crippen LogP contribution < -0.4 is 5.32 Å². The van der Waals surface area contributed by atoms with Crippen molar-refractivity contribution >= 4 is 17.6 Å². The number of likely N-dealkylation sites (N-methyl/N-ethyl adjacent to an activating group) is 1. The maximum absolute atomic E-state index is 13.4. The maximum Gasteiger partial charge on any atom is 0.304 e. The van der Waals surface area contributed by atoms with Crippen LogP contribution in [0, 0.1) is 5.82 Å². The Morgan fingerprint density at radius 1 is 1.40 bits per heavy atom. The Kier molecular flexibility index (Phi) is 6.11. The number of para-hydroxylation sites is 1. The number of halogens is 1. The average Bonchev–Trinajstić information content (AvgIpc) is 2.37. The predicted molar refractivity (Wildman–Crippen MR) is 74.0 cm³/mol. The predicted octanol–water partition coefficient (Wildman–Crippen LogP) is 1.95. The zero-order valence-electron chi connectivity index (χ0n) is 11.6. The Labute approximate surface area is 117 Å². The van der Waals surface area contributed by atoms with Gasteiger partial charge in [-0.1, -0.05) is 19.1 Å². The van der Waals surface area contributed by atoms with E-state index in [2.05, 4.69) is 5.32 Å². The summed E-state index contributed by atoms with van der Waals surface area (Å²) in [6.45, 7) is 4.15. The second-order valence-electron chi connectivity index (χ2n) is 4.54. The number of benzene rings is 1. The largest absolute Gasteiger partial charge is 0.481 e. The van der Waals surface area contributed by atoms with Crippen LogP contribution in [0.2, 0.25) is 0 Å². The molecule has 0 fully saturated rings. The van der Waals surface area contributed by atoms with Crippen molar-refractivity contribution in [1.82, 2.24) is 4.90 Å². The fourth-order valence-corrected chi connectivity index (χ4v) is 1.90. The molecule has 0 bridgehead atoms. The summed E-state index contributed by atoms with van der Waals surface area (Å²) >= 11 is 0. The van der Waals surface area contributed by atoms with Crippen LogP contribution in [0.5, 0.6) is 0 Å². The second kappa shape index (κ2) is 7.59. The van der Waals surface area contributed by atoms with E-state index in [4.69, 9.17) is 5.11 Å². The summed E-state index contributed by atoms with van der Waals surface area (Å²) in [4.78, 5) is 24.3. The van der Waals surface area contributed by atoms with Crippen LogP contribution >= 0.6 is 0 Å². The van der Waals surface area contributed by atoms with Crippen LogP contribution in [-0.4, -0.2) is 41.0 Å². The van der Waals surface area contributed by atoms with Crippen LogP contribution in [0.4, 0.5) is 10.1 Å². The summed E-state index contributed by atoms with van der Waals surface area (Å²) in [5, 5.41) is 11.2. The van der Waals surface area contributed by atoms with Crippen molar-refractivity contribution in [2.75, 3.05) is 18.4 Å². The fourth-order valence-electron chi connectivity index (χ4n) is 1.90. The number of hydrogen-bond donors (Lipinski definition) is 2. The van der Waals surface area contributed by atoms with Crippen molar-refractivity contribution in [2.24, 2.45) is 0 Å². The molecule has 110 valence electrons. The Morgan fingerprint density at radius 3 is 2.60 bits per heavy atom. The number of carboxylic acid groups (broad SMARTS) is 1. The summed E-state index contributed by atoms with van der Waals surface area (Å²) in [7, 11) is 0. The Bertz CT molecular complexity index is 479. The lowest BCUT2D eigenvalue weighted by molar-refractivity contribution is -0.138. The number of nitrogens with one attached hydrogen (secondary N) is 1. The minimum Gasteiger partial charge on any atom is -0.481 e. The van der Waals surface area contributed by atoms with Gasteiger partial charge in [0.15, 0.2) is 0 Å². The van der Waals surface area contributed by atoms with Gasteiger partial charge in [-0.15, -0.1) is 0 Å². The first kappa shape index (κ1) is 16.1. The van der Waals surface area contributed by atoms with Gasteiger partial charge in [-0.2, -0.15) is 0 Å². The summed E-state index contributed by atoms with van der Waals surface area (Å²) in [6.07, 6.45) is -0.0409. The van der Waals surface area contributed by atoms with E-state index in [9.17, 15) is 14.0 Å². The molecule has 0 spiro atoms. The molecular formula is C14H19FN2O3. The number of carbonyl (C=O) groups is 2. The van der Waals surface area contributed by atoms with Crippen LogP contribution in [-0.2, 0) is 9.59 Å². The lowest BCUT2D eigenvalue weighted by Gasteiger charge is -2.25. The highest BCUT2D eigenvalue weighted by Crippen LogP contribution is 2.12. The number of rotatable bonds is 7. The minimum atomic E-state index is -0.912. The van der Waals surface area contributed by atoms with E-state index in [1.165, 1.54) is 18.2 Å². The van der Waals surface area contributed by atoms with E-state index in [0.29, 0.717) is 6.54 Å². The summed E-state index contributed by atoms with van der Waals surface area (Å²) in [5.74, 6) is -1.78. The van der Waals surface area contributed by atoms with Crippen molar-refractivity contribution in [3.05, 3.63) is 30.1 Å². The molecule has 1 rings (SSSR count). The number of hydrogen-bond acceptors (Lipinski definition) is 3. The van der Waals surface area contributed by atoms with Gasteiger partial charge in [0.2, 0.25) is 5.91 Å². The summed E-state index contributed by atoms with van der Waals surface area (Å²) in [6, 6.07) is 5.65. The number of aliphatic carboxylic acids is 1. The van der Waals surface area contributed by atoms with Crippen molar-refractivity contribution < 1.29 is 19.1 Å². The van der Waals surface area contributed by atoms with Crippen molar-refractivity contribution in [3.8, 4) is 0 Å². The van der Waals surface area contributed by atoms with Crippen molar-refractivity contribution in [3.63, 3.8) is 0 Å². The first-order valence-electron chi connectivity index (χ1n) is 6.44. The molecule has 1 amide bonds. The zero-order chi connectivity index (χ0) is 15.1. The van der Waals surface area contributed by atoms with Gasteiger partial charge >= 0.3 is 5.97 Å². The van der Waals surface area contributed by atoms with Gasteiger partial charge in [0, 0.05) is 6.04 Å². The maximum atomic E-state index is 13.4. The third-order valence-corrected chi connectivity index (χ3v) is 2.99. The first-order valence-corrected chi connectivity index (χ1v) is 6.44. The molecule has 0 radical (unpaired) electrons. The molecule has 0 aliphatic carbocycles. The van der Waals surface area contributed by atoms with Gasteiger partial charge in [-0.25, -0.2) is 4.39 Å². The molecule has 1 atom stereocenters. The number of amides is 1. The molecule has 0 aliphatic heterocycles. The molecule has 1 unspecified atom stereocenters. The Balaban J connectivity index is 2.59. The van der Waals surface area contributed by atoms with Gasteiger partial charge in [0.1, 0.15) is 5.82 Å². The standard InChI is InChI=1S/C14H19FN2O3/c1-3-17(10(2)8-14(19)20)9-13(18)16-12-7-5-4-6-11(12)15/h4-7,10H,3,8-9H2,1-2H3,(H,16,18)(H,19,20). The molecule has 0 heterocycles. The normalized spacial score (nSPS) is 12.2. The van der Waals surface area contributed by atoms with E-state index in [1.807, 2.05) is 6.92 Å². The second-order valence-corrected chi connectivity index (χ2v) is 4.54. The van der Waals surface area contributed by atoms with Crippen LogP contribution in [0.15, 0.2) is 24.3 Å². The molecule has 20 heavy (non-hydrogen) atoms. The number of carboxylic acids is 1. The highest BCUT2D eigenvalue weighted by molar-refractivity contribution is 5.92. The highest BCUT2D eigenvalue weighted by atomic mass is 19.1. The van der Waals surface area contributed by atoms with Crippen LogP contribution in [0.25, 0.3) is 0 Å².